The van der Waals surface area contributed by atoms with Crippen LogP contribution < -0.4 is 5.32 Å². The normalized spacial score (nSPS) is 16.4. The molecule has 1 amide bonds. The van der Waals surface area contributed by atoms with Crippen molar-refractivity contribution in [2.24, 2.45) is 0 Å². The molecular formula is C25H27F3N4OS. The maximum atomic E-state index is 12.9. The number of halogens is 3. The highest BCUT2D eigenvalue weighted by atomic mass is 32.1. The van der Waals surface area contributed by atoms with Gasteiger partial charge in [0.2, 0.25) is 5.91 Å². The van der Waals surface area contributed by atoms with Crippen LogP contribution in [0.4, 0.5) is 13.2 Å². The Bertz CT molecular complexity index is 1080. The third-order valence-corrected chi connectivity index (χ3v) is 6.87. The van der Waals surface area contributed by atoms with Gasteiger partial charge in [0.05, 0.1) is 23.7 Å². The molecule has 1 aromatic heterocycles. The van der Waals surface area contributed by atoms with Gasteiger partial charge in [-0.2, -0.15) is 13.2 Å². The Labute approximate surface area is 201 Å². The van der Waals surface area contributed by atoms with E-state index >= 15 is 0 Å². The molecular weight excluding hydrogens is 461 g/mol. The van der Waals surface area contributed by atoms with Crippen molar-refractivity contribution in [1.29, 1.82) is 0 Å². The Balaban J connectivity index is 1.40. The summed E-state index contributed by atoms with van der Waals surface area (Å²) in [5.74, 6) is -0.132. The Morgan fingerprint density at radius 3 is 2.38 bits per heavy atom. The summed E-state index contributed by atoms with van der Waals surface area (Å²) < 4.78 is 38.4. The molecule has 1 fully saturated rings. The number of thiazole rings is 1. The van der Waals surface area contributed by atoms with Crippen molar-refractivity contribution in [2.75, 3.05) is 39.8 Å². The van der Waals surface area contributed by atoms with E-state index in [0.29, 0.717) is 16.3 Å². The molecule has 1 aliphatic heterocycles. The summed E-state index contributed by atoms with van der Waals surface area (Å²) in [4.78, 5) is 22.0. The molecule has 34 heavy (non-hydrogen) atoms. The number of alkyl halides is 3. The number of nitrogens with zero attached hydrogens (tertiary/aromatic N) is 3. The predicted octanol–water partition coefficient (Wildman–Crippen LogP) is 4.48. The molecule has 1 N–H and O–H groups in total. The summed E-state index contributed by atoms with van der Waals surface area (Å²) in [5.41, 5.74) is 1.56. The number of likely N-dealkylation sites (N-methyl/N-ethyl adjacent to an activating group) is 1. The summed E-state index contributed by atoms with van der Waals surface area (Å²) >= 11 is 1.32. The number of piperazine rings is 1. The second-order valence-corrected chi connectivity index (χ2v) is 9.39. The highest BCUT2D eigenvalue weighted by Gasteiger charge is 2.30. The lowest BCUT2D eigenvalue weighted by molar-refractivity contribution is -0.137. The molecule has 9 heteroatoms. The quantitative estimate of drug-likeness (QED) is 0.533. The number of hydrogen-bond acceptors (Lipinski definition) is 5. The highest BCUT2D eigenvalue weighted by molar-refractivity contribution is 7.13. The Morgan fingerprint density at radius 2 is 1.74 bits per heavy atom. The number of nitrogens with one attached hydrogen (secondary N) is 1. The van der Waals surface area contributed by atoms with E-state index in [1.165, 1.54) is 23.5 Å². The molecule has 1 unspecified atom stereocenters. The zero-order valence-electron chi connectivity index (χ0n) is 18.9. The van der Waals surface area contributed by atoms with E-state index in [1.54, 1.807) is 5.38 Å². The zero-order chi connectivity index (χ0) is 24.1. The fraction of sp³-hybridized carbons (Fsp3) is 0.360. The molecule has 0 saturated carbocycles. The fourth-order valence-electron chi connectivity index (χ4n) is 3.94. The minimum Gasteiger partial charge on any atom is -0.348 e. The summed E-state index contributed by atoms with van der Waals surface area (Å²) in [6, 6.07) is 14.7. The number of carbonyl (C=O) groups is 1. The van der Waals surface area contributed by atoms with Crippen LogP contribution in [0.3, 0.4) is 0 Å². The Morgan fingerprint density at radius 1 is 1.06 bits per heavy atom. The van der Waals surface area contributed by atoms with Gasteiger partial charge in [-0.1, -0.05) is 42.5 Å². The number of benzene rings is 2. The van der Waals surface area contributed by atoms with Gasteiger partial charge in [0.1, 0.15) is 5.01 Å². The van der Waals surface area contributed by atoms with E-state index in [2.05, 4.69) is 27.1 Å². The van der Waals surface area contributed by atoms with Gasteiger partial charge in [0.15, 0.2) is 0 Å². The van der Waals surface area contributed by atoms with Gasteiger partial charge in [0.25, 0.3) is 0 Å². The maximum Gasteiger partial charge on any atom is 0.416 e. The summed E-state index contributed by atoms with van der Waals surface area (Å²) in [6.07, 6.45) is -4.26. The smallest absolute Gasteiger partial charge is 0.348 e. The molecule has 0 bridgehead atoms. The first-order valence-corrected chi connectivity index (χ1v) is 12.0. The number of hydrogen-bond donors (Lipinski definition) is 1. The summed E-state index contributed by atoms with van der Waals surface area (Å²) in [5, 5.41) is 5.53. The molecule has 1 atom stereocenters. The van der Waals surface area contributed by atoms with Gasteiger partial charge in [-0.25, -0.2) is 4.98 Å². The molecule has 4 rings (SSSR count). The van der Waals surface area contributed by atoms with Crippen LogP contribution in [0.1, 0.15) is 22.9 Å². The molecule has 1 saturated heterocycles. The van der Waals surface area contributed by atoms with E-state index < -0.39 is 11.7 Å². The first-order chi connectivity index (χ1) is 16.3. The predicted molar refractivity (Wildman–Crippen MR) is 128 cm³/mol. The van der Waals surface area contributed by atoms with Gasteiger partial charge >= 0.3 is 6.18 Å². The van der Waals surface area contributed by atoms with Crippen LogP contribution in [0, 0.1) is 0 Å². The lowest BCUT2D eigenvalue weighted by Gasteiger charge is -2.35. The average Bonchev–Trinajstić information content (AvgIpc) is 3.28. The molecule has 180 valence electrons. The van der Waals surface area contributed by atoms with Crippen LogP contribution in [0.15, 0.2) is 60.0 Å². The number of rotatable bonds is 7. The molecule has 3 aromatic rings. The zero-order valence-corrected chi connectivity index (χ0v) is 19.7. The monoisotopic (exact) mass is 488 g/mol. The van der Waals surface area contributed by atoms with E-state index in [9.17, 15) is 18.0 Å². The molecule has 1 aliphatic rings. The van der Waals surface area contributed by atoms with Crippen LogP contribution in [0.25, 0.3) is 10.6 Å². The Kier molecular flexibility index (Phi) is 7.65. The SMILES string of the molecule is CN1CCN(CC(NC(=O)Cc2csc(-c3ccc(C(F)(F)F)cc3)n2)c2ccccc2)CC1. The van der Waals surface area contributed by atoms with Crippen LogP contribution in [0.2, 0.25) is 0 Å². The van der Waals surface area contributed by atoms with E-state index in [4.69, 9.17) is 0 Å². The van der Waals surface area contributed by atoms with Crippen molar-refractivity contribution in [3.05, 3.63) is 76.8 Å². The molecule has 0 aliphatic carbocycles. The maximum absolute atomic E-state index is 12.9. The van der Waals surface area contributed by atoms with Gasteiger partial charge in [-0.05, 0) is 24.7 Å². The first kappa shape index (κ1) is 24.4. The largest absolute Gasteiger partial charge is 0.416 e. The average molecular weight is 489 g/mol. The summed E-state index contributed by atoms with van der Waals surface area (Å²) in [6.45, 7) is 4.65. The third kappa shape index (κ3) is 6.43. The van der Waals surface area contributed by atoms with Crippen LogP contribution in [0.5, 0.6) is 0 Å². The number of amides is 1. The van der Waals surface area contributed by atoms with Gasteiger partial charge in [-0.3, -0.25) is 9.69 Å². The van der Waals surface area contributed by atoms with Gasteiger partial charge in [0, 0.05) is 43.7 Å². The second-order valence-electron chi connectivity index (χ2n) is 8.53. The highest BCUT2D eigenvalue weighted by Crippen LogP contribution is 2.31. The van der Waals surface area contributed by atoms with Crippen LogP contribution in [-0.2, 0) is 17.4 Å². The van der Waals surface area contributed by atoms with E-state index in [1.807, 2.05) is 30.3 Å². The van der Waals surface area contributed by atoms with Crippen LogP contribution >= 0.6 is 11.3 Å². The minimum atomic E-state index is -4.37. The van der Waals surface area contributed by atoms with Crippen molar-refractivity contribution in [2.45, 2.75) is 18.6 Å². The number of aromatic nitrogens is 1. The van der Waals surface area contributed by atoms with E-state index in [-0.39, 0.29) is 18.4 Å². The van der Waals surface area contributed by atoms with Crippen molar-refractivity contribution >= 4 is 17.2 Å². The molecule has 2 aromatic carbocycles. The standard InChI is InChI=1S/C25H27F3N4OS/c1-31-11-13-32(14-12-31)16-22(18-5-3-2-4-6-18)30-23(33)15-21-17-34-24(29-21)19-7-9-20(10-8-19)25(26,27)28/h2-10,17,22H,11-16H2,1H3,(H,30,33). The van der Waals surface area contributed by atoms with Crippen LogP contribution in [-0.4, -0.2) is 60.5 Å². The molecule has 5 nitrogen and oxygen atoms in total. The van der Waals surface area contributed by atoms with Gasteiger partial charge < -0.3 is 10.2 Å². The number of carbonyl (C=O) groups excluding carboxylic acids is 1. The molecule has 2 heterocycles. The molecule has 0 radical (unpaired) electrons. The second kappa shape index (κ2) is 10.7. The topological polar surface area (TPSA) is 48.5 Å². The first-order valence-electron chi connectivity index (χ1n) is 11.1. The fourth-order valence-corrected chi connectivity index (χ4v) is 4.77. The minimum absolute atomic E-state index is 0.114. The lowest BCUT2D eigenvalue weighted by atomic mass is 10.1. The summed E-state index contributed by atoms with van der Waals surface area (Å²) in [7, 11) is 2.11. The van der Waals surface area contributed by atoms with Crippen molar-refractivity contribution < 1.29 is 18.0 Å². The van der Waals surface area contributed by atoms with Crippen molar-refractivity contribution in [1.82, 2.24) is 20.1 Å². The van der Waals surface area contributed by atoms with Crippen molar-refractivity contribution in [3.63, 3.8) is 0 Å². The Hall–Kier alpha value is -2.75. The molecule has 0 spiro atoms. The van der Waals surface area contributed by atoms with E-state index in [0.717, 1.165) is 50.4 Å². The van der Waals surface area contributed by atoms with Gasteiger partial charge in [-0.15, -0.1) is 11.3 Å². The third-order valence-electron chi connectivity index (χ3n) is 5.93. The lowest BCUT2D eigenvalue weighted by Crippen LogP contribution is -2.48. The van der Waals surface area contributed by atoms with Crippen molar-refractivity contribution in [3.8, 4) is 10.6 Å².